The highest BCUT2D eigenvalue weighted by molar-refractivity contribution is 5.79. The van der Waals surface area contributed by atoms with Gasteiger partial charge in [-0.05, 0) is 24.8 Å². The van der Waals surface area contributed by atoms with Gasteiger partial charge in [0, 0.05) is 11.3 Å². The molecular formula is C20H26O9. The van der Waals surface area contributed by atoms with Crippen LogP contribution in [-0.4, -0.2) is 85.1 Å². The van der Waals surface area contributed by atoms with E-state index in [0.717, 1.165) is 5.57 Å². The predicted octanol–water partition coefficient (Wildman–Crippen LogP) is -2.04. The van der Waals surface area contributed by atoms with Crippen LogP contribution < -0.4 is 0 Å². The monoisotopic (exact) mass is 410 g/mol. The Morgan fingerprint density at radius 2 is 1.83 bits per heavy atom. The van der Waals surface area contributed by atoms with Gasteiger partial charge in [0.05, 0.1) is 24.2 Å². The summed E-state index contributed by atoms with van der Waals surface area (Å²) in [5.74, 6) is -4.92. The maximum atomic E-state index is 12.4. The van der Waals surface area contributed by atoms with E-state index in [2.05, 4.69) is 6.58 Å². The third kappa shape index (κ3) is 1.74. The Hall–Kier alpha value is -1.33. The Balaban J connectivity index is 1.84. The Bertz CT molecular complexity index is 855. The zero-order valence-corrected chi connectivity index (χ0v) is 16.1. The summed E-state index contributed by atoms with van der Waals surface area (Å²) in [7, 11) is 0. The molecular weight excluding hydrogens is 384 g/mol. The standard InChI is InChI=1S/C20H26O9/c1-7-4-10(21)13(23)17(3)9(7)5-11-18-6-28-20(27,16(17)18)12(22)8(2)19(18,26)14(24)15(25)29-11/h4,9-14,16,21-24,26-27H,2,5-6H2,1,3H3/t9-,10-,11+,12+,13+,14-,16?,17+,18?,19-,20?/m0/s1. The smallest absolute Gasteiger partial charge is 0.338 e. The molecule has 4 fully saturated rings. The Labute approximate surface area is 166 Å². The first kappa shape index (κ1) is 19.6. The van der Waals surface area contributed by atoms with Gasteiger partial charge < -0.3 is 40.1 Å². The highest BCUT2D eigenvalue weighted by Gasteiger charge is 2.87. The molecule has 29 heavy (non-hydrogen) atoms. The van der Waals surface area contributed by atoms with Crippen LogP contribution >= 0.6 is 0 Å². The Morgan fingerprint density at radius 1 is 1.17 bits per heavy atom. The van der Waals surface area contributed by atoms with E-state index in [1.807, 2.05) is 0 Å². The van der Waals surface area contributed by atoms with Crippen molar-refractivity contribution in [1.82, 2.24) is 0 Å². The minimum atomic E-state index is -2.34. The van der Waals surface area contributed by atoms with Gasteiger partial charge in [-0.2, -0.15) is 0 Å². The summed E-state index contributed by atoms with van der Waals surface area (Å²) in [5.41, 5.74) is -4.77. The van der Waals surface area contributed by atoms with Gasteiger partial charge in [0.2, 0.25) is 5.79 Å². The van der Waals surface area contributed by atoms with Gasteiger partial charge >= 0.3 is 5.97 Å². The molecule has 11 atom stereocenters. The molecule has 0 aromatic rings. The fourth-order valence-corrected chi connectivity index (χ4v) is 7.36. The summed E-state index contributed by atoms with van der Waals surface area (Å²) in [6, 6.07) is 0. The molecule has 2 heterocycles. The van der Waals surface area contributed by atoms with Crippen LogP contribution in [0.5, 0.6) is 0 Å². The lowest BCUT2D eigenvalue weighted by Gasteiger charge is -2.69. The summed E-state index contributed by atoms with van der Waals surface area (Å²) < 4.78 is 11.2. The van der Waals surface area contributed by atoms with Crippen molar-refractivity contribution in [3.05, 3.63) is 23.8 Å². The van der Waals surface area contributed by atoms with Crippen molar-refractivity contribution in [3.8, 4) is 0 Å². The summed E-state index contributed by atoms with van der Waals surface area (Å²) in [6.07, 6.45) is -5.73. The number of aliphatic hydroxyl groups is 6. The highest BCUT2D eigenvalue weighted by Crippen LogP contribution is 2.74. The average molecular weight is 410 g/mol. The van der Waals surface area contributed by atoms with Crippen molar-refractivity contribution >= 4 is 5.97 Å². The molecule has 0 aromatic carbocycles. The van der Waals surface area contributed by atoms with Crippen molar-refractivity contribution in [2.24, 2.45) is 22.7 Å². The molecule has 5 aliphatic rings. The molecule has 9 heteroatoms. The van der Waals surface area contributed by atoms with Crippen LogP contribution in [-0.2, 0) is 14.3 Å². The van der Waals surface area contributed by atoms with Crippen LogP contribution in [0.25, 0.3) is 0 Å². The molecule has 2 saturated carbocycles. The molecule has 6 N–H and O–H groups in total. The molecule has 3 unspecified atom stereocenters. The maximum absolute atomic E-state index is 12.4. The average Bonchev–Trinajstić information content (AvgIpc) is 2.98. The van der Waals surface area contributed by atoms with E-state index in [0.29, 0.717) is 0 Å². The zero-order valence-electron chi connectivity index (χ0n) is 16.1. The number of carbonyl (C=O) groups is 1. The zero-order chi connectivity index (χ0) is 21.3. The van der Waals surface area contributed by atoms with E-state index < -0.39 is 70.5 Å². The molecule has 0 aromatic heterocycles. The van der Waals surface area contributed by atoms with Gasteiger partial charge in [-0.3, -0.25) is 0 Å². The molecule has 2 saturated heterocycles. The van der Waals surface area contributed by atoms with Gasteiger partial charge in [-0.1, -0.05) is 25.2 Å². The van der Waals surface area contributed by atoms with Crippen molar-refractivity contribution in [1.29, 1.82) is 0 Å². The van der Waals surface area contributed by atoms with Gasteiger partial charge in [0.15, 0.2) is 6.10 Å². The van der Waals surface area contributed by atoms with Gasteiger partial charge in [-0.25, -0.2) is 4.79 Å². The second kappa shape index (κ2) is 5.28. The largest absolute Gasteiger partial charge is 0.460 e. The Kier molecular flexibility index (Phi) is 3.58. The topological polar surface area (TPSA) is 157 Å². The number of fused-ring (bicyclic) bond motifs is 1. The third-order valence-electron chi connectivity index (χ3n) is 8.61. The molecule has 2 aliphatic heterocycles. The summed E-state index contributed by atoms with van der Waals surface area (Å²) >= 11 is 0. The Morgan fingerprint density at radius 3 is 2.48 bits per heavy atom. The second-order valence-corrected chi connectivity index (χ2v) is 9.54. The summed E-state index contributed by atoms with van der Waals surface area (Å²) in [4.78, 5) is 12.4. The molecule has 5 rings (SSSR count). The molecule has 3 aliphatic carbocycles. The first-order chi connectivity index (χ1) is 13.4. The number of rotatable bonds is 0. The van der Waals surface area contributed by atoms with Crippen molar-refractivity contribution in [2.45, 2.75) is 62.2 Å². The third-order valence-corrected chi connectivity index (χ3v) is 8.61. The number of hydrogen-bond acceptors (Lipinski definition) is 9. The van der Waals surface area contributed by atoms with E-state index in [1.165, 1.54) is 6.08 Å². The molecule has 9 nitrogen and oxygen atoms in total. The fourth-order valence-electron chi connectivity index (χ4n) is 7.36. The molecule has 0 radical (unpaired) electrons. The number of carbonyl (C=O) groups excluding carboxylic acids is 1. The van der Waals surface area contributed by atoms with E-state index in [-0.39, 0.29) is 18.6 Å². The quantitative estimate of drug-likeness (QED) is 0.196. The molecule has 2 bridgehead atoms. The number of aliphatic hydroxyl groups excluding tert-OH is 4. The van der Waals surface area contributed by atoms with Crippen molar-refractivity contribution in [3.63, 3.8) is 0 Å². The number of esters is 1. The molecule has 1 spiro atoms. The van der Waals surface area contributed by atoms with Gasteiger partial charge in [0.1, 0.15) is 17.8 Å². The van der Waals surface area contributed by atoms with Crippen molar-refractivity contribution in [2.75, 3.05) is 6.61 Å². The van der Waals surface area contributed by atoms with Crippen molar-refractivity contribution < 1.29 is 44.9 Å². The lowest BCUT2D eigenvalue weighted by atomic mass is 9.37. The van der Waals surface area contributed by atoms with Gasteiger partial charge in [-0.15, -0.1) is 0 Å². The van der Waals surface area contributed by atoms with Gasteiger partial charge in [0.25, 0.3) is 0 Å². The highest BCUT2D eigenvalue weighted by atomic mass is 16.7. The lowest BCUT2D eigenvalue weighted by Crippen LogP contribution is -2.83. The van der Waals surface area contributed by atoms with Crippen LogP contribution in [0.15, 0.2) is 23.8 Å². The predicted molar refractivity (Wildman–Crippen MR) is 94.8 cm³/mol. The fraction of sp³-hybridized carbons (Fsp3) is 0.750. The van der Waals surface area contributed by atoms with Crippen LogP contribution in [0.4, 0.5) is 0 Å². The van der Waals surface area contributed by atoms with Crippen LogP contribution in [0.1, 0.15) is 20.3 Å². The first-order valence-corrected chi connectivity index (χ1v) is 9.77. The van der Waals surface area contributed by atoms with Crippen LogP contribution in [0, 0.1) is 22.7 Å². The number of hydrogen-bond donors (Lipinski definition) is 6. The van der Waals surface area contributed by atoms with Crippen LogP contribution in [0.3, 0.4) is 0 Å². The molecule has 160 valence electrons. The summed E-state index contributed by atoms with van der Waals surface area (Å²) in [5, 5.41) is 66.3. The number of ether oxygens (including phenoxy) is 2. The second-order valence-electron chi connectivity index (χ2n) is 9.54. The van der Waals surface area contributed by atoms with E-state index in [1.54, 1.807) is 13.8 Å². The molecule has 0 amide bonds. The first-order valence-electron chi connectivity index (χ1n) is 9.77. The van der Waals surface area contributed by atoms with E-state index in [9.17, 15) is 35.4 Å². The minimum absolute atomic E-state index is 0.183. The summed E-state index contributed by atoms with van der Waals surface area (Å²) in [6.45, 7) is 6.79. The number of allylic oxidation sites excluding steroid dienone is 1. The maximum Gasteiger partial charge on any atom is 0.338 e. The van der Waals surface area contributed by atoms with Crippen LogP contribution in [0.2, 0.25) is 0 Å². The normalized spacial score (nSPS) is 60.8. The lowest BCUT2D eigenvalue weighted by molar-refractivity contribution is -0.343. The van der Waals surface area contributed by atoms with E-state index >= 15 is 0 Å². The SMILES string of the molecule is C=C1[C@@H](O)C2(O)OCC34C2[C@@]2(C)[C@H](O)[C@@H](O)C=C(C)[C@@H]2C[C@H]3OC(=O)[C@H](O)[C@@]14O. The van der Waals surface area contributed by atoms with E-state index in [4.69, 9.17) is 9.47 Å². The minimum Gasteiger partial charge on any atom is -0.460 e.